The topological polar surface area (TPSA) is 141 Å². The third-order valence-corrected chi connectivity index (χ3v) is 5.38. The van der Waals surface area contributed by atoms with Crippen LogP contribution in [0.15, 0.2) is 30.3 Å². The molecule has 0 bridgehead atoms. The Balaban J connectivity index is 0.00000684. The van der Waals surface area contributed by atoms with Crippen LogP contribution in [0.1, 0.15) is 48.0 Å². The van der Waals surface area contributed by atoms with E-state index in [1.807, 2.05) is 0 Å². The van der Waals surface area contributed by atoms with Gasteiger partial charge in [-0.3, -0.25) is 4.79 Å². The fraction of sp³-hybridized carbons (Fsp3) is 0.409. The fourth-order valence-corrected chi connectivity index (χ4v) is 3.37. The van der Waals surface area contributed by atoms with Crippen molar-refractivity contribution in [1.82, 2.24) is 9.97 Å². The number of aliphatic hydroxyl groups excluding tert-OH is 2. The summed E-state index contributed by atoms with van der Waals surface area (Å²) in [5.74, 6) is -2.75. The van der Waals surface area contributed by atoms with Crippen LogP contribution >= 0.6 is 0 Å². The van der Waals surface area contributed by atoms with Crippen molar-refractivity contribution in [3.63, 3.8) is 0 Å². The van der Waals surface area contributed by atoms with E-state index >= 15 is 0 Å². The zero-order valence-electron chi connectivity index (χ0n) is 22.3. The van der Waals surface area contributed by atoms with Crippen molar-refractivity contribution in [2.75, 3.05) is 17.5 Å². The molecule has 0 aliphatic rings. The second-order valence-corrected chi connectivity index (χ2v) is 9.61. The molecule has 0 amide bonds. The first-order valence-electron chi connectivity index (χ1n) is 11.4. The molecule has 12 heteroatoms. The van der Waals surface area contributed by atoms with Crippen molar-refractivity contribution in [1.29, 1.82) is 0 Å². The number of nitrogens with zero attached hydrogens (tertiary/aromatic N) is 3. The van der Waals surface area contributed by atoms with Crippen LogP contribution in [0.3, 0.4) is 0 Å². The number of rotatable bonds is 10. The number of aromatic nitrogens is 2. The third kappa shape index (κ3) is 8.40. The maximum atomic E-state index is 13.6. The molecule has 0 spiro atoms. The molecular formula is C22H28FN3NaO6S. The Kier molecular flexibility index (Phi) is 9.42. The molecule has 0 unspecified atom stereocenters. The van der Waals surface area contributed by atoms with Gasteiger partial charge in [-0.25, -0.2) is 27.1 Å². The minimum atomic E-state index is -4.33. The average Bonchev–Trinajstić information content (AvgIpc) is 2.69. The van der Waals surface area contributed by atoms with Crippen LogP contribution in [-0.2, 0) is 14.8 Å². The summed E-state index contributed by atoms with van der Waals surface area (Å²) in [4.78, 5) is 19.2. The predicted molar refractivity (Wildman–Crippen MR) is 128 cm³/mol. The van der Waals surface area contributed by atoms with E-state index in [2.05, 4.69) is 9.97 Å². The Labute approximate surface area is 224 Å². The van der Waals surface area contributed by atoms with Crippen LogP contribution in [0.4, 0.5) is 10.3 Å². The molecule has 0 saturated carbocycles. The average molecular weight is 508 g/mol. The Morgan fingerprint density at radius 2 is 1.85 bits per heavy atom. The third-order valence-electron chi connectivity index (χ3n) is 4.55. The second-order valence-electron chi connectivity index (χ2n) is 7.77. The largest absolute Gasteiger partial charge is 0.481 e. The number of aliphatic carboxylic acids is 1. The van der Waals surface area contributed by atoms with Crippen LogP contribution in [-0.4, -0.2) is 94.7 Å². The molecule has 0 aliphatic carbocycles. The normalized spacial score (nSPS) is 15.2. The van der Waals surface area contributed by atoms with Crippen molar-refractivity contribution < 1.29 is 37.0 Å². The first-order chi connectivity index (χ1) is 16.5. The van der Waals surface area contributed by atoms with Gasteiger partial charge >= 0.3 is 5.97 Å². The van der Waals surface area contributed by atoms with Gasteiger partial charge in [0.1, 0.15) is 5.82 Å². The summed E-state index contributed by atoms with van der Waals surface area (Å²) in [5.41, 5.74) is 0.940. The predicted octanol–water partition coefficient (Wildman–Crippen LogP) is 2.02. The Morgan fingerprint density at radius 1 is 1.24 bits per heavy atom. The summed E-state index contributed by atoms with van der Waals surface area (Å²) < 4.78 is 61.5. The van der Waals surface area contributed by atoms with Crippen molar-refractivity contribution in [3.05, 3.63) is 47.4 Å². The molecule has 34 heavy (non-hydrogen) atoms. The van der Waals surface area contributed by atoms with Gasteiger partial charge in [-0.15, -0.1) is 0 Å². The van der Waals surface area contributed by atoms with Crippen molar-refractivity contribution in [2.24, 2.45) is 0 Å². The van der Waals surface area contributed by atoms with Gasteiger partial charge in [0.05, 0.1) is 36.3 Å². The van der Waals surface area contributed by atoms with Crippen LogP contribution in [0.5, 0.6) is 0 Å². The zero-order chi connectivity index (χ0) is 27.4. The summed E-state index contributed by atoms with van der Waals surface area (Å²) in [6, 6.07) is 5.04. The Bertz CT molecular complexity index is 1230. The van der Waals surface area contributed by atoms with Crippen LogP contribution in [0.25, 0.3) is 17.3 Å². The van der Waals surface area contributed by atoms with E-state index < -0.39 is 53.4 Å². The molecule has 181 valence electrons. The van der Waals surface area contributed by atoms with Gasteiger partial charge in [-0.2, -0.15) is 0 Å². The number of hydrogen-bond acceptors (Lipinski definition) is 7. The monoisotopic (exact) mass is 507 g/mol. The van der Waals surface area contributed by atoms with Gasteiger partial charge < -0.3 is 15.3 Å². The fourth-order valence-electron chi connectivity index (χ4n) is 3.00. The van der Waals surface area contributed by atoms with Gasteiger partial charge in [0.15, 0.2) is 0 Å². The number of carbonyl (C=O) groups is 1. The molecule has 0 aliphatic heterocycles. The molecule has 2 rings (SSSR count). The van der Waals surface area contributed by atoms with E-state index in [4.69, 9.17) is 9.22 Å². The Hall–Kier alpha value is -1.89. The quantitative estimate of drug-likeness (QED) is 0.415. The number of benzene rings is 1. The van der Waals surface area contributed by atoms with Gasteiger partial charge in [-0.1, -0.05) is 26.0 Å². The summed E-state index contributed by atoms with van der Waals surface area (Å²) in [6.07, 6.45) is 0.0147. The van der Waals surface area contributed by atoms with E-state index in [1.54, 1.807) is 13.8 Å². The molecule has 1 radical (unpaired) electrons. The summed E-state index contributed by atoms with van der Waals surface area (Å²) in [6.45, 7) is 0.325. The number of anilines is 1. The molecule has 3 N–H and O–H groups in total. The molecule has 2 atom stereocenters. The van der Waals surface area contributed by atoms with E-state index in [-0.39, 0.29) is 57.6 Å². The number of aliphatic hydroxyl groups is 2. The Morgan fingerprint density at radius 3 is 2.35 bits per heavy atom. The molecule has 2 aromatic rings. The van der Waals surface area contributed by atoms with Crippen LogP contribution in [0.2, 0.25) is 0 Å². The van der Waals surface area contributed by atoms with Crippen molar-refractivity contribution >= 4 is 57.6 Å². The van der Waals surface area contributed by atoms with E-state index in [0.29, 0.717) is 17.4 Å². The molecule has 0 fully saturated rings. The zero-order valence-corrected chi connectivity index (χ0v) is 22.1. The summed E-state index contributed by atoms with van der Waals surface area (Å²) >= 11 is 0. The minimum Gasteiger partial charge on any atom is -0.481 e. The van der Waals surface area contributed by atoms with Crippen molar-refractivity contribution in [2.45, 2.75) is 44.8 Å². The van der Waals surface area contributed by atoms with E-state index in [9.17, 15) is 27.8 Å². The van der Waals surface area contributed by atoms with Gasteiger partial charge in [0, 0.05) is 58.2 Å². The maximum Gasteiger partial charge on any atom is 0.305 e. The number of sulfonamides is 1. The molecule has 0 saturated heterocycles. The number of halogens is 1. The van der Waals surface area contributed by atoms with Crippen molar-refractivity contribution in [3.8, 4) is 11.3 Å². The first kappa shape index (κ1) is 25.2. The smallest absolute Gasteiger partial charge is 0.305 e. The standard InChI is InChI=1S/C22H28FN3O6S.Na/c1-13(2)20-18(10-9-16(27)11-17(28)12-19(29)30)21(14-5-7-15(23)8-6-14)25-22(24-20)26(3)33(4,31)32;/h5-10,13,16-17,27-28H,11-12H2,1-4H3,(H,29,30);/b10-9+;/t16-,17-;/m1./s1/i3D3;. The number of carboxylic acid groups (broad SMARTS) is 1. The van der Waals surface area contributed by atoms with Gasteiger partial charge in [0.2, 0.25) is 16.0 Å². The van der Waals surface area contributed by atoms with Crippen LogP contribution in [0, 0.1) is 5.82 Å². The summed E-state index contributed by atoms with van der Waals surface area (Å²) in [5, 5.41) is 28.9. The first-order valence-corrected chi connectivity index (χ1v) is 11.8. The number of carboxylic acids is 1. The van der Waals surface area contributed by atoms with Crippen LogP contribution < -0.4 is 4.31 Å². The molecule has 1 aromatic carbocycles. The molecule has 1 aromatic heterocycles. The van der Waals surface area contributed by atoms with E-state index in [0.717, 1.165) is 12.1 Å². The second kappa shape index (κ2) is 12.7. The molecular weight excluding hydrogens is 476 g/mol. The van der Waals surface area contributed by atoms with E-state index in [1.165, 1.54) is 24.3 Å². The maximum absolute atomic E-state index is 13.6. The van der Waals surface area contributed by atoms with Gasteiger partial charge in [-0.05, 0) is 30.2 Å². The minimum absolute atomic E-state index is 0. The number of hydrogen-bond donors (Lipinski definition) is 3. The van der Waals surface area contributed by atoms with Gasteiger partial charge in [0.25, 0.3) is 0 Å². The summed E-state index contributed by atoms with van der Waals surface area (Å²) in [7, 11) is -4.33. The SMILES string of the molecule is [2H]C([2H])([2H])N(c1nc(-c2ccc(F)cc2)c(/C=C/[C@@H](O)C[C@@H](O)CC(=O)O)c(C(C)C)n1)S(C)(=O)=O.[Na]. The molecule has 1 heterocycles. The molecule has 9 nitrogen and oxygen atoms in total.